The first-order valence-electron chi connectivity index (χ1n) is 16.4. The van der Waals surface area contributed by atoms with Crippen molar-refractivity contribution in [2.45, 2.75) is 100 Å². The van der Waals surface area contributed by atoms with Crippen LogP contribution in [0.3, 0.4) is 0 Å². The number of aliphatic hydroxyl groups excluding tert-OH is 1. The highest BCUT2D eigenvalue weighted by Gasteiger charge is 2.77. The number of rotatable bonds is 17. The Labute approximate surface area is 280 Å². The fourth-order valence-corrected chi connectivity index (χ4v) is 8.40. The van der Waals surface area contributed by atoms with Gasteiger partial charge >= 0.3 is 5.97 Å². The zero-order valence-corrected chi connectivity index (χ0v) is 28.7. The van der Waals surface area contributed by atoms with Crippen molar-refractivity contribution in [3.8, 4) is 0 Å². The number of ether oxygens (including phenoxy) is 2. The number of fused-ring (bicyclic) bond motifs is 1. The molecule has 1 aromatic rings. The normalized spacial score (nSPS) is 28.2. The summed E-state index contributed by atoms with van der Waals surface area (Å²) in [6.07, 6.45) is 4.89. The number of carbonyl (C=O) groups is 4. The van der Waals surface area contributed by atoms with Crippen LogP contribution in [0.4, 0.5) is 0 Å². The minimum atomic E-state index is -1.25. The molecule has 0 radical (unpaired) electrons. The zero-order valence-electron chi connectivity index (χ0n) is 27.1. The van der Waals surface area contributed by atoms with Gasteiger partial charge in [0.2, 0.25) is 17.7 Å². The van der Waals surface area contributed by atoms with Gasteiger partial charge in [0, 0.05) is 37.0 Å². The number of allylic oxidation sites excluding steroid dienone is 1. The lowest BCUT2D eigenvalue weighted by atomic mass is 9.70. The fourth-order valence-electron chi connectivity index (χ4n) is 7.46. The van der Waals surface area contributed by atoms with Crippen LogP contribution in [0, 0.1) is 11.8 Å². The molecule has 3 saturated heterocycles. The first kappa shape index (κ1) is 35.8. The topological polar surface area (TPSA) is 125 Å². The minimum absolute atomic E-state index is 0.102. The van der Waals surface area contributed by atoms with Crippen molar-refractivity contribution in [1.29, 1.82) is 0 Å². The van der Waals surface area contributed by atoms with Crippen molar-refractivity contribution in [2.75, 3.05) is 19.7 Å². The predicted molar refractivity (Wildman–Crippen MR) is 178 cm³/mol. The molecule has 3 fully saturated rings. The molecule has 0 aliphatic carbocycles. The lowest BCUT2D eigenvalue weighted by Crippen LogP contribution is -2.58. The van der Waals surface area contributed by atoms with Gasteiger partial charge in [-0.3, -0.25) is 19.2 Å². The molecule has 252 valence electrons. The molecule has 0 aromatic heterocycles. The van der Waals surface area contributed by atoms with Crippen LogP contribution in [-0.4, -0.2) is 93.0 Å². The molecule has 3 heterocycles. The largest absolute Gasteiger partial charge is 0.455 e. The van der Waals surface area contributed by atoms with Crippen LogP contribution in [0.5, 0.6) is 0 Å². The van der Waals surface area contributed by atoms with Crippen molar-refractivity contribution < 1.29 is 33.8 Å². The highest BCUT2D eigenvalue weighted by atomic mass is 79.9. The number of nitrogens with one attached hydrogen (secondary N) is 1. The van der Waals surface area contributed by atoms with Gasteiger partial charge < -0.3 is 29.7 Å². The van der Waals surface area contributed by atoms with E-state index in [1.165, 1.54) is 4.90 Å². The predicted octanol–water partition coefficient (Wildman–Crippen LogP) is 4.08. The molecule has 46 heavy (non-hydrogen) atoms. The summed E-state index contributed by atoms with van der Waals surface area (Å²) >= 11 is 3.71. The monoisotopic (exact) mass is 701 g/mol. The summed E-state index contributed by atoms with van der Waals surface area (Å²) in [5.74, 6) is -3.32. The van der Waals surface area contributed by atoms with Crippen LogP contribution in [0.1, 0.15) is 71.0 Å². The number of amides is 3. The van der Waals surface area contributed by atoms with Crippen LogP contribution in [-0.2, 0) is 28.7 Å². The van der Waals surface area contributed by atoms with Gasteiger partial charge in [0.05, 0.1) is 24.0 Å². The maximum absolute atomic E-state index is 14.5. The van der Waals surface area contributed by atoms with E-state index < -0.39 is 47.7 Å². The van der Waals surface area contributed by atoms with Crippen molar-refractivity contribution in [3.63, 3.8) is 0 Å². The van der Waals surface area contributed by atoms with E-state index >= 15 is 0 Å². The van der Waals surface area contributed by atoms with Gasteiger partial charge in [-0.1, -0.05) is 71.8 Å². The number of aliphatic hydroxyl groups is 1. The number of hydrogen-bond acceptors (Lipinski definition) is 7. The molecule has 2 N–H and O–H groups in total. The Morgan fingerprint density at radius 2 is 1.96 bits per heavy atom. The molecular weight excluding hydrogens is 654 g/mol. The second kappa shape index (κ2) is 15.7. The Kier molecular flexibility index (Phi) is 12.2. The summed E-state index contributed by atoms with van der Waals surface area (Å²) in [5, 5.41) is 12.6. The number of carbonyl (C=O) groups excluding carboxylic acids is 4. The maximum Gasteiger partial charge on any atom is 0.313 e. The lowest BCUT2D eigenvalue weighted by Gasteiger charge is -2.39. The molecule has 2 unspecified atom stereocenters. The highest BCUT2D eigenvalue weighted by molar-refractivity contribution is 9.09. The quantitative estimate of drug-likeness (QED) is 0.143. The van der Waals surface area contributed by atoms with Gasteiger partial charge in [0.1, 0.15) is 17.7 Å². The van der Waals surface area contributed by atoms with E-state index in [4.69, 9.17) is 9.47 Å². The third-order valence-corrected chi connectivity index (χ3v) is 10.3. The van der Waals surface area contributed by atoms with Crippen molar-refractivity contribution >= 4 is 39.6 Å². The zero-order chi connectivity index (χ0) is 33.6. The van der Waals surface area contributed by atoms with Crippen LogP contribution in [0.25, 0.3) is 0 Å². The van der Waals surface area contributed by atoms with Gasteiger partial charge in [-0.25, -0.2) is 0 Å². The molecule has 11 heteroatoms. The van der Waals surface area contributed by atoms with Crippen molar-refractivity contribution in [1.82, 2.24) is 15.1 Å². The SMILES string of the molecule is C=CCCC(=O)N[C@@H](C)[C@H](OC(=O)[C@H]1[C@@H]2O[C@@]3(CC2Br)[C@@H]1C(=O)N(CCCO)[C@@H]3C(=O)N(CC=C)C(C)CCC)c1ccccc1. The average Bonchev–Trinajstić information content (AvgIpc) is 3.63. The first-order chi connectivity index (χ1) is 22.1. The standard InChI is InChI=1S/C35H48BrN3O7/c1-6-9-17-26(41)37-23(5)29(24-15-11-10-12-16-24)45-34(44)27-28-32(42)39(19-13-20-40)31(35(28)21-25(36)30(27)46-35)33(43)38(18-8-3)22(4)14-7-2/h6,8,10-12,15-16,22-23,25,27-31,40H,1,3,7,9,13-14,17-21H2,2,4-5H3,(H,37,41)/t22?,23-,25?,27+,28-,29-,30+,31+,35-/m0/s1. The Morgan fingerprint density at radius 3 is 2.59 bits per heavy atom. The second-order valence-corrected chi connectivity index (χ2v) is 13.8. The molecule has 3 aliphatic rings. The number of halogens is 1. The third-order valence-electron chi connectivity index (χ3n) is 9.49. The summed E-state index contributed by atoms with van der Waals surface area (Å²) in [4.78, 5) is 58.6. The Hall–Kier alpha value is -3.02. The summed E-state index contributed by atoms with van der Waals surface area (Å²) in [5.41, 5.74) is -0.550. The highest BCUT2D eigenvalue weighted by Crippen LogP contribution is 2.60. The number of hydrogen-bond donors (Lipinski definition) is 2. The van der Waals surface area contributed by atoms with Crippen LogP contribution < -0.4 is 5.32 Å². The molecule has 10 nitrogen and oxygen atoms in total. The van der Waals surface area contributed by atoms with Crippen LogP contribution in [0.15, 0.2) is 55.6 Å². The van der Waals surface area contributed by atoms with E-state index in [1.807, 2.05) is 37.3 Å². The van der Waals surface area contributed by atoms with Gasteiger partial charge in [0.15, 0.2) is 0 Å². The molecule has 0 saturated carbocycles. The number of alkyl halides is 1. The van der Waals surface area contributed by atoms with Gasteiger partial charge in [-0.05, 0) is 45.1 Å². The van der Waals surface area contributed by atoms with E-state index in [0.29, 0.717) is 24.9 Å². The Bertz CT molecular complexity index is 1280. The number of esters is 1. The lowest BCUT2D eigenvalue weighted by molar-refractivity contribution is -0.162. The Balaban J connectivity index is 1.69. The van der Waals surface area contributed by atoms with E-state index in [-0.39, 0.29) is 54.6 Å². The minimum Gasteiger partial charge on any atom is -0.455 e. The van der Waals surface area contributed by atoms with Crippen LogP contribution >= 0.6 is 15.9 Å². The smallest absolute Gasteiger partial charge is 0.313 e. The van der Waals surface area contributed by atoms with E-state index in [2.05, 4.69) is 41.3 Å². The summed E-state index contributed by atoms with van der Waals surface area (Å²) in [7, 11) is 0. The van der Waals surface area contributed by atoms with E-state index in [9.17, 15) is 24.3 Å². The molecule has 9 atom stereocenters. The van der Waals surface area contributed by atoms with Crippen molar-refractivity contribution in [3.05, 3.63) is 61.2 Å². The summed E-state index contributed by atoms with van der Waals surface area (Å²) in [6.45, 7) is 13.6. The molecule has 1 aromatic carbocycles. The van der Waals surface area contributed by atoms with Gasteiger partial charge in [-0.15, -0.1) is 13.2 Å². The number of nitrogens with zero attached hydrogens (tertiary/aromatic N) is 2. The number of benzene rings is 1. The Morgan fingerprint density at radius 1 is 1.24 bits per heavy atom. The third kappa shape index (κ3) is 6.96. The van der Waals surface area contributed by atoms with Gasteiger partial charge in [0.25, 0.3) is 0 Å². The average molecular weight is 703 g/mol. The molecular formula is C35H48BrN3O7. The van der Waals surface area contributed by atoms with E-state index in [0.717, 1.165) is 12.8 Å². The van der Waals surface area contributed by atoms with E-state index in [1.54, 1.807) is 24.0 Å². The second-order valence-electron chi connectivity index (χ2n) is 12.6. The molecule has 4 rings (SSSR count). The molecule has 3 aliphatic heterocycles. The maximum atomic E-state index is 14.5. The first-order valence-corrected chi connectivity index (χ1v) is 17.3. The van der Waals surface area contributed by atoms with Crippen molar-refractivity contribution in [2.24, 2.45) is 11.8 Å². The molecule has 1 spiro atoms. The fraction of sp³-hybridized carbons (Fsp3) is 0.600. The van der Waals surface area contributed by atoms with Crippen LogP contribution in [0.2, 0.25) is 0 Å². The van der Waals surface area contributed by atoms with Gasteiger partial charge in [-0.2, -0.15) is 0 Å². The molecule has 3 amide bonds. The number of likely N-dealkylation sites (tertiary alicyclic amines) is 1. The summed E-state index contributed by atoms with van der Waals surface area (Å²) < 4.78 is 12.9. The molecule has 2 bridgehead atoms. The summed E-state index contributed by atoms with van der Waals surface area (Å²) in [6, 6.07) is 7.53.